The van der Waals surface area contributed by atoms with Gasteiger partial charge in [-0.05, 0) is 55.5 Å². The van der Waals surface area contributed by atoms with Crippen molar-refractivity contribution in [3.8, 4) is 5.75 Å². The lowest BCUT2D eigenvalue weighted by Crippen LogP contribution is -2.43. The zero-order valence-electron chi connectivity index (χ0n) is 16.0. The third-order valence-corrected chi connectivity index (χ3v) is 5.23. The molecule has 2 aliphatic rings. The molecule has 9 nitrogen and oxygen atoms in total. The van der Waals surface area contributed by atoms with Gasteiger partial charge in [0, 0.05) is 10.2 Å². The quantitative estimate of drug-likeness (QED) is 0.652. The van der Waals surface area contributed by atoms with E-state index in [4.69, 9.17) is 4.74 Å². The third kappa shape index (κ3) is 3.78. The summed E-state index contributed by atoms with van der Waals surface area (Å²) < 4.78 is 6.28. The molecule has 1 N–H and O–H groups in total. The van der Waals surface area contributed by atoms with Crippen molar-refractivity contribution >= 4 is 45.0 Å². The van der Waals surface area contributed by atoms with E-state index in [1.807, 2.05) is 6.92 Å². The number of nitrogens with zero attached hydrogens (tertiary/aromatic N) is 4. The van der Waals surface area contributed by atoms with Gasteiger partial charge in [-0.15, -0.1) is 0 Å². The number of hydrogen-bond donors (Lipinski definition) is 1. The van der Waals surface area contributed by atoms with Crippen LogP contribution in [-0.2, 0) is 14.4 Å². The standard InChI is InChI=1S/C20H18BrN5O4/c1-2-30-15-9-7-14(8-10-15)26-19(28)17-18(20(26)29)25(24-23-17)11-16(27)22-13-5-3-12(21)4-6-13/h3-10,17-18H,2,11H2,1H3,(H,22,27)/t17-,18-/m1/s1. The molecule has 1 fully saturated rings. The molecule has 0 bridgehead atoms. The molecular formula is C20H18BrN5O4. The molecule has 4 rings (SSSR count). The summed E-state index contributed by atoms with van der Waals surface area (Å²) in [5, 5.41) is 11.8. The molecule has 30 heavy (non-hydrogen) atoms. The fourth-order valence-corrected chi connectivity index (χ4v) is 3.61. The van der Waals surface area contributed by atoms with Crippen molar-refractivity contribution in [2.45, 2.75) is 19.0 Å². The van der Waals surface area contributed by atoms with Gasteiger partial charge in [0.05, 0.1) is 12.3 Å². The average Bonchev–Trinajstić information content (AvgIpc) is 3.24. The van der Waals surface area contributed by atoms with E-state index in [0.29, 0.717) is 23.7 Å². The first-order valence-electron chi connectivity index (χ1n) is 9.31. The van der Waals surface area contributed by atoms with Crippen LogP contribution < -0.4 is 15.0 Å². The summed E-state index contributed by atoms with van der Waals surface area (Å²) in [5.41, 5.74) is 1.04. The number of rotatable bonds is 6. The molecule has 10 heteroatoms. The lowest BCUT2D eigenvalue weighted by atomic mass is 10.1. The van der Waals surface area contributed by atoms with Crippen LogP contribution in [0.15, 0.2) is 63.3 Å². The number of amides is 3. The highest BCUT2D eigenvalue weighted by molar-refractivity contribution is 9.10. The Morgan fingerprint density at radius 2 is 1.80 bits per heavy atom. The van der Waals surface area contributed by atoms with E-state index in [1.165, 1.54) is 5.01 Å². The van der Waals surface area contributed by atoms with Gasteiger partial charge in [-0.1, -0.05) is 21.2 Å². The van der Waals surface area contributed by atoms with Gasteiger partial charge >= 0.3 is 0 Å². The number of fused-ring (bicyclic) bond motifs is 1. The topological polar surface area (TPSA) is 104 Å². The first-order valence-corrected chi connectivity index (χ1v) is 10.1. The Kier molecular flexibility index (Phi) is 5.49. The molecule has 0 aromatic heterocycles. The first kappa shape index (κ1) is 20.0. The zero-order valence-corrected chi connectivity index (χ0v) is 17.6. The van der Waals surface area contributed by atoms with E-state index in [-0.39, 0.29) is 12.5 Å². The van der Waals surface area contributed by atoms with Crippen LogP contribution in [0.25, 0.3) is 0 Å². The van der Waals surface area contributed by atoms with Crippen LogP contribution in [0.1, 0.15) is 6.92 Å². The molecule has 0 saturated carbocycles. The number of carbonyl (C=O) groups is 3. The van der Waals surface area contributed by atoms with Crippen LogP contribution >= 0.6 is 15.9 Å². The average molecular weight is 472 g/mol. The predicted molar refractivity (Wildman–Crippen MR) is 112 cm³/mol. The van der Waals surface area contributed by atoms with Crippen molar-refractivity contribution in [3.05, 3.63) is 53.0 Å². The van der Waals surface area contributed by atoms with Crippen molar-refractivity contribution < 1.29 is 19.1 Å². The van der Waals surface area contributed by atoms with Gasteiger partial charge in [0.15, 0.2) is 12.1 Å². The Morgan fingerprint density at radius 3 is 2.47 bits per heavy atom. The molecule has 2 aliphatic heterocycles. The van der Waals surface area contributed by atoms with Crippen molar-refractivity contribution in [2.24, 2.45) is 10.3 Å². The van der Waals surface area contributed by atoms with E-state index in [9.17, 15) is 14.4 Å². The fraction of sp³-hybridized carbons (Fsp3) is 0.250. The molecule has 2 atom stereocenters. The van der Waals surface area contributed by atoms with Gasteiger partial charge in [0.2, 0.25) is 5.91 Å². The molecule has 2 heterocycles. The number of halogens is 1. The Labute approximate surface area is 180 Å². The van der Waals surface area contributed by atoms with Gasteiger partial charge in [0.25, 0.3) is 11.8 Å². The molecule has 0 radical (unpaired) electrons. The molecule has 0 unspecified atom stereocenters. The number of carbonyl (C=O) groups excluding carboxylic acids is 3. The summed E-state index contributed by atoms with van der Waals surface area (Å²) >= 11 is 3.33. The van der Waals surface area contributed by atoms with E-state index >= 15 is 0 Å². The smallest absolute Gasteiger partial charge is 0.263 e. The summed E-state index contributed by atoms with van der Waals surface area (Å²) in [4.78, 5) is 39.2. The SMILES string of the molecule is CCOc1ccc(N2C(=O)[C@@H]3N=NN(CC(=O)Nc4ccc(Br)cc4)[C@H]3C2=O)cc1. The second-order valence-electron chi connectivity index (χ2n) is 6.69. The molecule has 0 spiro atoms. The van der Waals surface area contributed by atoms with Crippen molar-refractivity contribution in [1.29, 1.82) is 0 Å². The second kappa shape index (κ2) is 8.23. The van der Waals surface area contributed by atoms with Crippen LogP contribution in [0, 0.1) is 0 Å². The molecular weight excluding hydrogens is 454 g/mol. The maximum Gasteiger partial charge on any atom is 0.263 e. The second-order valence-corrected chi connectivity index (χ2v) is 7.60. The lowest BCUT2D eigenvalue weighted by Gasteiger charge is -2.20. The van der Waals surface area contributed by atoms with Crippen LogP contribution in [0.2, 0.25) is 0 Å². The summed E-state index contributed by atoms with van der Waals surface area (Å²) in [6.07, 6.45) is 0. The molecule has 154 valence electrons. The molecule has 3 amide bonds. The number of ether oxygens (including phenoxy) is 1. The Hall–Kier alpha value is -3.27. The van der Waals surface area contributed by atoms with Gasteiger partial charge < -0.3 is 10.1 Å². The number of hydrogen-bond acceptors (Lipinski definition) is 7. The van der Waals surface area contributed by atoms with E-state index < -0.39 is 23.9 Å². The first-order chi connectivity index (χ1) is 14.5. The van der Waals surface area contributed by atoms with Crippen LogP contribution in [0.5, 0.6) is 5.75 Å². The van der Waals surface area contributed by atoms with Gasteiger partial charge in [0.1, 0.15) is 12.3 Å². The summed E-state index contributed by atoms with van der Waals surface area (Å²) in [6.45, 7) is 2.19. The number of nitrogens with one attached hydrogen (secondary N) is 1. The van der Waals surface area contributed by atoms with E-state index in [2.05, 4.69) is 31.6 Å². The Bertz CT molecular complexity index is 1010. The summed E-state index contributed by atoms with van der Waals surface area (Å²) in [7, 11) is 0. The van der Waals surface area contributed by atoms with Crippen LogP contribution in [0.4, 0.5) is 11.4 Å². The number of anilines is 2. The minimum atomic E-state index is -0.954. The predicted octanol–water partition coefficient (Wildman–Crippen LogP) is 2.78. The largest absolute Gasteiger partial charge is 0.494 e. The minimum Gasteiger partial charge on any atom is -0.494 e. The van der Waals surface area contributed by atoms with Gasteiger partial charge in [-0.3, -0.25) is 19.4 Å². The Balaban J connectivity index is 1.46. The van der Waals surface area contributed by atoms with Crippen LogP contribution in [-0.4, -0.2) is 48.0 Å². The molecule has 1 saturated heterocycles. The van der Waals surface area contributed by atoms with Crippen molar-refractivity contribution in [3.63, 3.8) is 0 Å². The fourth-order valence-electron chi connectivity index (χ4n) is 3.35. The molecule has 2 aromatic carbocycles. The number of benzene rings is 2. The maximum atomic E-state index is 13.0. The number of imide groups is 1. The zero-order chi connectivity index (χ0) is 21.3. The monoisotopic (exact) mass is 471 g/mol. The molecule has 2 aromatic rings. The highest BCUT2D eigenvalue weighted by Gasteiger charge is 2.55. The highest BCUT2D eigenvalue weighted by Crippen LogP contribution is 2.32. The highest BCUT2D eigenvalue weighted by atomic mass is 79.9. The van der Waals surface area contributed by atoms with E-state index in [0.717, 1.165) is 9.37 Å². The van der Waals surface area contributed by atoms with Crippen molar-refractivity contribution in [2.75, 3.05) is 23.4 Å². The third-order valence-electron chi connectivity index (χ3n) is 4.70. The maximum absolute atomic E-state index is 13.0. The lowest BCUT2D eigenvalue weighted by molar-refractivity contribution is -0.123. The van der Waals surface area contributed by atoms with E-state index in [1.54, 1.807) is 48.5 Å². The van der Waals surface area contributed by atoms with Gasteiger partial charge in [-0.2, -0.15) is 5.11 Å². The Morgan fingerprint density at radius 1 is 1.10 bits per heavy atom. The van der Waals surface area contributed by atoms with Crippen LogP contribution in [0.3, 0.4) is 0 Å². The summed E-state index contributed by atoms with van der Waals surface area (Å²) in [5.74, 6) is -0.646. The normalized spacial score (nSPS) is 19.9. The van der Waals surface area contributed by atoms with Crippen molar-refractivity contribution in [1.82, 2.24) is 5.01 Å². The molecule has 0 aliphatic carbocycles. The summed E-state index contributed by atoms with van der Waals surface area (Å²) in [6, 6.07) is 11.9. The van der Waals surface area contributed by atoms with Gasteiger partial charge in [-0.25, -0.2) is 4.90 Å². The minimum absolute atomic E-state index is 0.198.